The molecule has 0 aliphatic carbocycles. The molecule has 0 aromatic heterocycles. The fourth-order valence-corrected chi connectivity index (χ4v) is 2.80. The van der Waals surface area contributed by atoms with E-state index in [9.17, 15) is 9.18 Å². The minimum atomic E-state index is -0.363. The molecule has 1 aliphatic rings. The molecule has 0 unspecified atom stereocenters. The molecule has 1 N–H and O–H groups in total. The van der Waals surface area contributed by atoms with Crippen molar-refractivity contribution in [1.82, 2.24) is 5.32 Å². The number of rotatable bonds is 2. The van der Waals surface area contributed by atoms with Gasteiger partial charge in [-0.05, 0) is 54.2 Å². The number of benzene rings is 2. The van der Waals surface area contributed by atoms with Gasteiger partial charge in [0.1, 0.15) is 11.5 Å². The first-order valence-electron chi connectivity index (χ1n) is 6.43. The van der Waals surface area contributed by atoms with Crippen molar-refractivity contribution in [3.05, 3.63) is 70.1 Å². The number of hydrogen-bond donors (Lipinski definition) is 1. The summed E-state index contributed by atoms with van der Waals surface area (Å²) in [6, 6.07) is 13.2. The van der Waals surface area contributed by atoms with Gasteiger partial charge in [0.2, 0.25) is 0 Å². The van der Waals surface area contributed by atoms with E-state index in [-0.39, 0.29) is 16.8 Å². The van der Waals surface area contributed by atoms with E-state index in [1.54, 1.807) is 6.08 Å². The monoisotopic (exact) mass is 376 g/mol. The summed E-state index contributed by atoms with van der Waals surface area (Å²) in [5.41, 5.74) is 1.77. The highest BCUT2D eigenvalue weighted by Crippen LogP contribution is 2.24. The second-order valence-electron chi connectivity index (χ2n) is 4.63. The number of anilines is 1. The zero-order valence-electron chi connectivity index (χ0n) is 11.2. The van der Waals surface area contributed by atoms with E-state index in [1.165, 1.54) is 29.2 Å². The van der Waals surface area contributed by atoms with Gasteiger partial charge in [0.25, 0.3) is 5.91 Å². The van der Waals surface area contributed by atoms with E-state index in [2.05, 4.69) is 21.2 Å². The Morgan fingerprint density at radius 3 is 2.50 bits per heavy atom. The average molecular weight is 377 g/mol. The van der Waals surface area contributed by atoms with Gasteiger partial charge < -0.3 is 5.32 Å². The summed E-state index contributed by atoms with van der Waals surface area (Å²) >= 11 is 8.64. The van der Waals surface area contributed by atoms with Crippen LogP contribution in [0.1, 0.15) is 5.56 Å². The van der Waals surface area contributed by atoms with E-state index in [0.29, 0.717) is 11.4 Å². The van der Waals surface area contributed by atoms with Crippen LogP contribution in [0.15, 0.2) is 58.7 Å². The standard InChI is InChI=1S/C16H10BrFN2OS/c17-13-4-2-1-3-10(13)9-14-15(21)20(16(22)19-14)12-7-5-11(18)6-8-12/h1-9H,(H,19,22)/b14-9+. The summed E-state index contributed by atoms with van der Waals surface area (Å²) in [6.45, 7) is 0. The number of hydrogen-bond acceptors (Lipinski definition) is 2. The van der Waals surface area contributed by atoms with Crippen molar-refractivity contribution >= 4 is 50.9 Å². The Kier molecular flexibility index (Phi) is 4.04. The second-order valence-corrected chi connectivity index (χ2v) is 5.87. The zero-order valence-corrected chi connectivity index (χ0v) is 13.6. The van der Waals surface area contributed by atoms with Crippen molar-refractivity contribution in [3.8, 4) is 0 Å². The Morgan fingerprint density at radius 2 is 1.82 bits per heavy atom. The Balaban J connectivity index is 1.95. The molecule has 0 bridgehead atoms. The van der Waals surface area contributed by atoms with Crippen molar-refractivity contribution in [1.29, 1.82) is 0 Å². The van der Waals surface area contributed by atoms with Crippen LogP contribution in [-0.4, -0.2) is 11.0 Å². The fourth-order valence-electron chi connectivity index (χ4n) is 2.11. The molecule has 2 aromatic rings. The quantitative estimate of drug-likeness (QED) is 0.638. The third kappa shape index (κ3) is 2.80. The third-order valence-corrected chi connectivity index (χ3v) is 4.17. The summed E-state index contributed by atoms with van der Waals surface area (Å²) in [7, 11) is 0. The SMILES string of the molecule is O=C1/C(=C\c2ccccc2Br)NC(=S)N1c1ccc(F)cc1. The molecule has 0 radical (unpaired) electrons. The van der Waals surface area contributed by atoms with Crippen molar-refractivity contribution in [2.45, 2.75) is 0 Å². The van der Waals surface area contributed by atoms with E-state index in [0.717, 1.165) is 10.0 Å². The number of halogens is 2. The van der Waals surface area contributed by atoms with E-state index < -0.39 is 0 Å². The second kappa shape index (κ2) is 5.98. The van der Waals surface area contributed by atoms with Gasteiger partial charge in [-0.2, -0.15) is 0 Å². The lowest BCUT2D eigenvalue weighted by Gasteiger charge is -2.13. The summed E-state index contributed by atoms with van der Waals surface area (Å²) in [5.74, 6) is -0.634. The maximum Gasteiger partial charge on any atom is 0.281 e. The maximum absolute atomic E-state index is 13.0. The minimum absolute atomic E-state index is 0.271. The number of nitrogens with zero attached hydrogens (tertiary/aromatic N) is 1. The first kappa shape index (κ1) is 14.9. The molecular weight excluding hydrogens is 367 g/mol. The predicted molar refractivity (Wildman–Crippen MR) is 91.7 cm³/mol. The van der Waals surface area contributed by atoms with E-state index in [1.807, 2.05) is 24.3 Å². The number of nitrogens with one attached hydrogen (secondary N) is 1. The molecule has 0 atom stereocenters. The Hall–Kier alpha value is -2.05. The van der Waals surface area contributed by atoms with Gasteiger partial charge in [0.15, 0.2) is 5.11 Å². The van der Waals surface area contributed by atoms with Crippen molar-refractivity contribution in [2.24, 2.45) is 0 Å². The van der Waals surface area contributed by atoms with Gasteiger partial charge in [-0.15, -0.1) is 0 Å². The van der Waals surface area contributed by atoms with Crippen LogP contribution < -0.4 is 10.2 Å². The first-order chi connectivity index (χ1) is 10.6. The molecule has 22 heavy (non-hydrogen) atoms. The number of carbonyl (C=O) groups is 1. The van der Waals surface area contributed by atoms with Gasteiger partial charge in [0, 0.05) is 4.47 Å². The molecule has 0 saturated carbocycles. The van der Waals surface area contributed by atoms with Crippen LogP contribution in [0.3, 0.4) is 0 Å². The lowest BCUT2D eigenvalue weighted by Crippen LogP contribution is -2.30. The third-order valence-electron chi connectivity index (χ3n) is 3.17. The largest absolute Gasteiger partial charge is 0.327 e. The molecular formula is C16H10BrFN2OS. The van der Waals surface area contributed by atoms with Crippen molar-refractivity contribution in [2.75, 3.05) is 4.90 Å². The first-order valence-corrected chi connectivity index (χ1v) is 7.63. The minimum Gasteiger partial charge on any atom is -0.327 e. The molecule has 2 aromatic carbocycles. The molecule has 1 amide bonds. The Morgan fingerprint density at radius 1 is 1.14 bits per heavy atom. The molecule has 0 spiro atoms. The van der Waals surface area contributed by atoms with Gasteiger partial charge in [-0.3, -0.25) is 9.69 Å². The summed E-state index contributed by atoms with van der Waals surface area (Å²) in [4.78, 5) is 13.9. The lowest BCUT2D eigenvalue weighted by atomic mass is 10.2. The van der Waals surface area contributed by atoms with Crippen molar-refractivity contribution in [3.63, 3.8) is 0 Å². The van der Waals surface area contributed by atoms with Gasteiger partial charge >= 0.3 is 0 Å². The zero-order chi connectivity index (χ0) is 15.7. The average Bonchev–Trinajstić information content (AvgIpc) is 2.77. The molecule has 1 saturated heterocycles. The van der Waals surface area contributed by atoms with Gasteiger partial charge in [0.05, 0.1) is 5.69 Å². The van der Waals surface area contributed by atoms with Crippen LogP contribution in [0.4, 0.5) is 10.1 Å². The predicted octanol–water partition coefficient (Wildman–Crippen LogP) is 3.85. The lowest BCUT2D eigenvalue weighted by molar-refractivity contribution is -0.113. The smallest absolute Gasteiger partial charge is 0.281 e. The molecule has 110 valence electrons. The van der Waals surface area contributed by atoms with Gasteiger partial charge in [-0.1, -0.05) is 34.1 Å². The topological polar surface area (TPSA) is 32.3 Å². The van der Waals surface area contributed by atoms with Crippen LogP contribution in [0.2, 0.25) is 0 Å². The fraction of sp³-hybridized carbons (Fsp3) is 0. The Bertz CT molecular complexity index is 789. The molecule has 1 aliphatic heterocycles. The summed E-state index contributed by atoms with van der Waals surface area (Å²) in [6.07, 6.45) is 1.72. The normalized spacial score (nSPS) is 16.3. The molecule has 3 nitrogen and oxygen atoms in total. The maximum atomic E-state index is 13.0. The Labute approximate surface area is 140 Å². The number of carbonyl (C=O) groups excluding carboxylic acids is 1. The van der Waals surface area contributed by atoms with Crippen LogP contribution >= 0.6 is 28.1 Å². The van der Waals surface area contributed by atoms with Crippen LogP contribution in [0.25, 0.3) is 6.08 Å². The van der Waals surface area contributed by atoms with Crippen LogP contribution in [-0.2, 0) is 4.79 Å². The van der Waals surface area contributed by atoms with E-state index >= 15 is 0 Å². The van der Waals surface area contributed by atoms with Gasteiger partial charge in [-0.25, -0.2) is 4.39 Å². The molecule has 3 rings (SSSR count). The van der Waals surface area contributed by atoms with Crippen LogP contribution in [0, 0.1) is 5.82 Å². The van der Waals surface area contributed by atoms with Crippen molar-refractivity contribution < 1.29 is 9.18 Å². The van der Waals surface area contributed by atoms with Crippen LogP contribution in [0.5, 0.6) is 0 Å². The number of thiocarbonyl (C=S) groups is 1. The summed E-state index contributed by atoms with van der Waals surface area (Å²) in [5, 5.41) is 3.17. The van der Waals surface area contributed by atoms with E-state index in [4.69, 9.17) is 12.2 Å². The molecule has 1 fully saturated rings. The molecule has 1 heterocycles. The highest BCUT2D eigenvalue weighted by molar-refractivity contribution is 9.10. The number of amides is 1. The molecule has 6 heteroatoms. The highest BCUT2D eigenvalue weighted by atomic mass is 79.9. The highest BCUT2D eigenvalue weighted by Gasteiger charge is 2.31. The summed E-state index contributed by atoms with van der Waals surface area (Å²) < 4.78 is 13.9.